The Bertz CT molecular complexity index is 1660. The molecule has 4 aromatic rings. The van der Waals surface area contributed by atoms with Gasteiger partial charge in [0.1, 0.15) is 6.54 Å². The maximum atomic E-state index is 14.0. The SMILES string of the molecule is Cc1cccc(N(CC(=O)Nc2ccc(S(C)(=O)=O)cc2)S(=O)(=O)c2cccc3ccccc23)c1C. The smallest absolute Gasteiger partial charge is 0.265 e. The van der Waals surface area contributed by atoms with E-state index in [2.05, 4.69) is 5.32 Å². The fraction of sp³-hybridized carbons (Fsp3) is 0.148. The minimum Gasteiger partial charge on any atom is -0.325 e. The van der Waals surface area contributed by atoms with E-state index in [-0.39, 0.29) is 9.79 Å². The number of amides is 1. The van der Waals surface area contributed by atoms with Gasteiger partial charge in [0.05, 0.1) is 15.5 Å². The van der Waals surface area contributed by atoms with Crippen molar-refractivity contribution in [3.05, 3.63) is 96.1 Å². The Balaban J connectivity index is 1.74. The van der Waals surface area contributed by atoms with Crippen LogP contribution in [0.4, 0.5) is 11.4 Å². The van der Waals surface area contributed by atoms with Crippen LogP contribution in [0.3, 0.4) is 0 Å². The summed E-state index contributed by atoms with van der Waals surface area (Å²) in [6, 6.07) is 23.3. The highest BCUT2D eigenvalue weighted by Gasteiger charge is 2.30. The number of sulfonamides is 1. The third-order valence-corrected chi connectivity index (χ3v) is 8.96. The van der Waals surface area contributed by atoms with Crippen LogP contribution in [0.5, 0.6) is 0 Å². The lowest BCUT2D eigenvalue weighted by molar-refractivity contribution is -0.114. The van der Waals surface area contributed by atoms with Crippen molar-refractivity contribution >= 4 is 47.9 Å². The van der Waals surface area contributed by atoms with Crippen LogP contribution in [0, 0.1) is 13.8 Å². The van der Waals surface area contributed by atoms with Crippen LogP contribution in [0.15, 0.2) is 94.7 Å². The Morgan fingerprint density at radius 1 is 0.806 bits per heavy atom. The first kappa shape index (κ1) is 25.4. The van der Waals surface area contributed by atoms with Gasteiger partial charge in [0.2, 0.25) is 5.91 Å². The number of fused-ring (bicyclic) bond motifs is 1. The molecule has 0 aliphatic carbocycles. The molecular weight excluding hydrogens is 496 g/mol. The average molecular weight is 523 g/mol. The topological polar surface area (TPSA) is 101 Å². The molecule has 0 unspecified atom stereocenters. The Labute approximate surface area is 211 Å². The summed E-state index contributed by atoms with van der Waals surface area (Å²) >= 11 is 0. The van der Waals surface area contributed by atoms with E-state index in [9.17, 15) is 21.6 Å². The molecule has 0 fully saturated rings. The van der Waals surface area contributed by atoms with E-state index >= 15 is 0 Å². The molecule has 1 N–H and O–H groups in total. The molecule has 0 saturated carbocycles. The second-order valence-electron chi connectivity index (χ2n) is 8.55. The van der Waals surface area contributed by atoms with E-state index < -0.39 is 32.3 Å². The second kappa shape index (κ2) is 9.75. The molecule has 186 valence electrons. The summed E-state index contributed by atoms with van der Waals surface area (Å²) in [5.74, 6) is -0.563. The van der Waals surface area contributed by atoms with E-state index in [0.29, 0.717) is 16.8 Å². The first-order valence-corrected chi connectivity index (χ1v) is 14.5. The summed E-state index contributed by atoms with van der Waals surface area (Å²) in [4.78, 5) is 13.3. The Hall–Kier alpha value is -3.69. The summed E-state index contributed by atoms with van der Waals surface area (Å²) in [6.45, 7) is 3.23. The summed E-state index contributed by atoms with van der Waals surface area (Å²) in [7, 11) is -7.52. The molecule has 0 bridgehead atoms. The van der Waals surface area contributed by atoms with Crippen LogP contribution >= 0.6 is 0 Å². The van der Waals surface area contributed by atoms with Gasteiger partial charge in [-0.15, -0.1) is 0 Å². The predicted octanol–water partition coefficient (Wildman–Crippen LogP) is 4.69. The van der Waals surface area contributed by atoms with Gasteiger partial charge in [0.15, 0.2) is 9.84 Å². The third kappa shape index (κ3) is 5.12. The maximum absolute atomic E-state index is 14.0. The standard InChI is InChI=1S/C27H26N2O5S2/c1-19-8-6-12-25(20(19)2)29(18-27(30)28-22-14-16-23(17-15-22)35(3,31)32)36(33,34)26-13-7-10-21-9-4-5-11-24(21)26/h4-17H,18H2,1-3H3,(H,28,30). The number of carbonyl (C=O) groups excluding carboxylic acids is 1. The monoisotopic (exact) mass is 522 g/mol. The predicted molar refractivity (Wildman–Crippen MR) is 143 cm³/mol. The molecule has 0 radical (unpaired) electrons. The van der Waals surface area contributed by atoms with E-state index in [1.165, 1.54) is 30.3 Å². The lowest BCUT2D eigenvalue weighted by Crippen LogP contribution is -2.38. The van der Waals surface area contributed by atoms with Crippen molar-refractivity contribution in [3.63, 3.8) is 0 Å². The van der Waals surface area contributed by atoms with Crippen LogP contribution in [0.2, 0.25) is 0 Å². The van der Waals surface area contributed by atoms with Crippen molar-refractivity contribution in [1.29, 1.82) is 0 Å². The minimum atomic E-state index is -4.14. The minimum absolute atomic E-state index is 0.104. The van der Waals surface area contributed by atoms with Gasteiger partial charge in [-0.3, -0.25) is 9.10 Å². The lowest BCUT2D eigenvalue weighted by atomic mass is 10.1. The molecule has 4 rings (SSSR count). The molecule has 0 aliphatic rings. The first-order valence-electron chi connectivity index (χ1n) is 11.2. The fourth-order valence-electron chi connectivity index (χ4n) is 3.96. The zero-order chi connectivity index (χ0) is 26.1. The number of benzene rings is 4. The van der Waals surface area contributed by atoms with Crippen molar-refractivity contribution < 1.29 is 21.6 Å². The van der Waals surface area contributed by atoms with Gasteiger partial charge in [0, 0.05) is 17.3 Å². The van der Waals surface area contributed by atoms with E-state index in [0.717, 1.165) is 27.1 Å². The first-order chi connectivity index (χ1) is 17.0. The number of sulfone groups is 1. The third-order valence-electron chi connectivity index (χ3n) is 6.02. The number of rotatable bonds is 7. The molecule has 7 nitrogen and oxygen atoms in total. The zero-order valence-corrected chi connectivity index (χ0v) is 21.7. The molecule has 0 atom stereocenters. The Morgan fingerprint density at radius 2 is 1.44 bits per heavy atom. The van der Waals surface area contributed by atoms with Gasteiger partial charge < -0.3 is 5.32 Å². The highest BCUT2D eigenvalue weighted by molar-refractivity contribution is 7.93. The lowest BCUT2D eigenvalue weighted by Gasteiger charge is -2.27. The normalized spacial score (nSPS) is 11.9. The molecule has 0 aliphatic heterocycles. The quantitative estimate of drug-likeness (QED) is 0.379. The number of hydrogen-bond donors (Lipinski definition) is 1. The molecular formula is C27H26N2O5S2. The van der Waals surface area contributed by atoms with Crippen molar-refractivity contribution in [1.82, 2.24) is 0 Å². The molecule has 0 heterocycles. The van der Waals surface area contributed by atoms with E-state index in [1.54, 1.807) is 30.3 Å². The van der Waals surface area contributed by atoms with Gasteiger partial charge in [0.25, 0.3) is 10.0 Å². The summed E-state index contributed by atoms with van der Waals surface area (Å²) in [5, 5.41) is 4.01. The van der Waals surface area contributed by atoms with Crippen LogP contribution < -0.4 is 9.62 Å². The van der Waals surface area contributed by atoms with Crippen LogP contribution in [0.25, 0.3) is 10.8 Å². The zero-order valence-electron chi connectivity index (χ0n) is 20.1. The van der Waals surface area contributed by atoms with Crippen molar-refractivity contribution in [3.8, 4) is 0 Å². The van der Waals surface area contributed by atoms with Crippen LogP contribution in [-0.4, -0.2) is 35.5 Å². The van der Waals surface area contributed by atoms with Crippen molar-refractivity contribution in [2.75, 3.05) is 22.4 Å². The van der Waals surface area contributed by atoms with E-state index in [1.807, 2.05) is 38.1 Å². The Morgan fingerprint density at radius 3 is 2.14 bits per heavy atom. The van der Waals surface area contributed by atoms with Gasteiger partial charge in [-0.1, -0.05) is 48.5 Å². The van der Waals surface area contributed by atoms with Gasteiger partial charge >= 0.3 is 0 Å². The number of nitrogens with one attached hydrogen (secondary N) is 1. The second-order valence-corrected chi connectivity index (χ2v) is 12.4. The molecule has 1 amide bonds. The number of carbonyl (C=O) groups is 1. The fourth-order valence-corrected chi connectivity index (χ4v) is 6.29. The van der Waals surface area contributed by atoms with E-state index in [4.69, 9.17) is 0 Å². The summed E-state index contributed by atoms with van der Waals surface area (Å²) < 4.78 is 52.6. The number of aryl methyl sites for hydroxylation is 1. The number of hydrogen-bond acceptors (Lipinski definition) is 5. The Kier molecular flexibility index (Phi) is 6.88. The molecule has 0 saturated heterocycles. The van der Waals surface area contributed by atoms with Crippen molar-refractivity contribution in [2.24, 2.45) is 0 Å². The molecule has 0 spiro atoms. The summed E-state index contributed by atoms with van der Waals surface area (Å²) in [5.41, 5.74) is 2.40. The van der Waals surface area contributed by atoms with Crippen LogP contribution in [0.1, 0.15) is 11.1 Å². The van der Waals surface area contributed by atoms with Gasteiger partial charge in [-0.25, -0.2) is 16.8 Å². The van der Waals surface area contributed by atoms with Gasteiger partial charge in [-0.2, -0.15) is 0 Å². The summed E-state index contributed by atoms with van der Waals surface area (Å²) in [6.07, 6.45) is 1.10. The maximum Gasteiger partial charge on any atom is 0.265 e. The molecule has 0 aromatic heterocycles. The van der Waals surface area contributed by atoms with Gasteiger partial charge in [-0.05, 0) is 66.8 Å². The average Bonchev–Trinajstić information content (AvgIpc) is 2.84. The molecule has 4 aromatic carbocycles. The highest BCUT2D eigenvalue weighted by atomic mass is 32.2. The number of nitrogens with zero attached hydrogens (tertiary/aromatic N) is 1. The number of anilines is 2. The highest BCUT2D eigenvalue weighted by Crippen LogP contribution is 2.32. The van der Waals surface area contributed by atoms with Crippen molar-refractivity contribution in [2.45, 2.75) is 23.6 Å². The molecule has 9 heteroatoms. The van der Waals surface area contributed by atoms with Crippen LogP contribution in [-0.2, 0) is 24.7 Å². The largest absolute Gasteiger partial charge is 0.325 e. The molecule has 36 heavy (non-hydrogen) atoms.